The zero-order valence-corrected chi connectivity index (χ0v) is 8.10. The van der Waals surface area contributed by atoms with Gasteiger partial charge in [0.1, 0.15) is 0 Å². The molecule has 0 bridgehead atoms. The van der Waals surface area contributed by atoms with Gasteiger partial charge in [0.2, 0.25) is 6.20 Å². The lowest BCUT2D eigenvalue weighted by molar-refractivity contribution is -0.691. The molecule has 0 amide bonds. The van der Waals surface area contributed by atoms with Crippen LogP contribution < -0.4 is 9.88 Å². The molecule has 0 saturated heterocycles. The molecule has 0 aliphatic rings. The minimum Gasteiger partial charge on any atom is -0.412 e. The molecule has 0 spiro atoms. The number of anilines is 1. The van der Waals surface area contributed by atoms with Crippen molar-refractivity contribution in [2.24, 2.45) is 0 Å². The highest BCUT2D eigenvalue weighted by Crippen LogP contribution is 2.07. The van der Waals surface area contributed by atoms with Crippen LogP contribution in [0.4, 0.5) is 5.69 Å². The van der Waals surface area contributed by atoms with Gasteiger partial charge in [-0.05, 0) is 12.1 Å². The Balaban J connectivity index is 2.10. The Morgan fingerprint density at radius 2 is 2.07 bits per heavy atom. The van der Waals surface area contributed by atoms with E-state index in [1.165, 1.54) is 5.56 Å². The summed E-state index contributed by atoms with van der Waals surface area (Å²) >= 11 is 0. The van der Waals surface area contributed by atoms with Crippen LogP contribution in [0, 0.1) is 0 Å². The summed E-state index contributed by atoms with van der Waals surface area (Å²) in [4.78, 5) is 0. The molecule has 1 heterocycles. The van der Waals surface area contributed by atoms with E-state index in [0.29, 0.717) is 0 Å². The average Bonchev–Trinajstić information content (AvgIpc) is 2.72. The van der Waals surface area contributed by atoms with Gasteiger partial charge in [-0.1, -0.05) is 12.1 Å². The van der Waals surface area contributed by atoms with Crippen molar-refractivity contribution in [2.75, 3.05) is 12.4 Å². The van der Waals surface area contributed by atoms with Crippen molar-refractivity contribution in [2.45, 2.75) is 6.54 Å². The SMILES string of the molecule is CNc1ccc(C[n+]2ccoc2)cc1. The van der Waals surface area contributed by atoms with Gasteiger partial charge in [-0.15, -0.1) is 0 Å². The largest absolute Gasteiger partial charge is 0.412 e. The molecule has 0 fully saturated rings. The fraction of sp³-hybridized carbons (Fsp3) is 0.182. The summed E-state index contributed by atoms with van der Waals surface area (Å²) < 4.78 is 6.98. The summed E-state index contributed by atoms with van der Waals surface area (Å²) in [6, 6.07) is 8.34. The number of rotatable bonds is 3. The van der Waals surface area contributed by atoms with Crippen LogP contribution in [0.5, 0.6) is 0 Å². The van der Waals surface area contributed by atoms with Crippen molar-refractivity contribution >= 4 is 5.69 Å². The molecule has 3 heteroatoms. The van der Waals surface area contributed by atoms with Crippen LogP contribution in [0.1, 0.15) is 5.56 Å². The minimum atomic E-state index is 0.848. The standard InChI is InChI=1S/C11H13N2O/c1-12-11-4-2-10(3-5-11)8-13-6-7-14-9-13/h2-7,9,12H,8H2,1H3/q+1. The zero-order chi connectivity index (χ0) is 9.80. The molecule has 72 valence electrons. The van der Waals surface area contributed by atoms with E-state index < -0.39 is 0 Å². The molecule has 0 aliphatic heterocycles. The Morgan fingerprint density at radius 1 is 1.29 bits per heavy atom. The van der Waals surface area contributed by atoms with Crippen molar-refractivity contribution in [3.63, 3.8) is 0 Å². The third-order valence-electron chi connectivity index (χ3n) is 2.13. The second-order valence-electron chi connectivity index (χ2n) is 3.15. The smallest absolute Gasteiger partial charge is 0.334 e. The number of nitrogens with zero attached hydrogens (tertiary/aromatic N) is 1. The van der Waals surface area contributed by atoms with Gasteiger partial charge in [0.15, 0.2) is 12.8 Å². The van der Waals surface area contributed by atoms with E-state index in [-0.39, 0.29) is 0 Å². The van der Waals surface area contributed by atoms with Crippen LogP contribution in [0.2, 0.25) is 0 Å². The molecule has 1 aromatic carbocycles. The van der Waals surface area contributed by atoms with Gasteiger partial charge in [0, 0.05) is 18.3 Å². The van der Waals surface area contributed by atoms with E-state index in [1.54, 1.807) is 12.7 Å². The molecule has 0 atom stereocenters. The lowest BCUT2D eigenvalue weighted by Crippen LogP contribution is -2.30. The lowest BCUT2D eigenvalue weighted by atomic mass is 10.2. The van der Waals surface area contributed by atoms with Gasteiger partial charge in [0.25, 0.3) is 0 Å². The van der Waals surface area contributed by atoms with Gasteiger partial charge in [-0.2, -0.15) is 4.57 Å². The first-order valence-electron chi connectivity index (χ1n) is 4.56. The lowest BCUT2D eigenvalue weighted by Gasteiger charge is -1.99. The van der Waals surface area contributed by atoms with Gasteiger partial charge in [0.05, 0.1) is 0 Å². The van der Waals surface area contributed by atoms with E-state index in [1.807, 2.05) is 17.8 Å². The zero-order valence-electron chi connectivity index (χ0n) is 8.10. The third-order valence-corrected chi connectivity index (χ3v) is 2.13. The fourth-order valence-corrected chi connectivity index (χ4v) is 1.34. The summed E-state index contributed by atoms with van der Waals surface area (Å²) in [6.45, 7) is 0.848. The first kappa shape index (κ1) is 8.81. The second-order valence-corrected chi connectivity index (χ2v) is 3.15. The Bertz CT molecular complexity index is 378. The summed E-state index contributed by atoms with van der Waals surface area (Å²) in [7, 11) is 1.92. The molecule has 2 aromatic rings. The van der Waals surface area contributed by atoms with Gasteiger partial charge in [-0.25, -0.2) is 0 Å². The summed E-state index contributed by atoms with van der Waals surface area (Å²) in [5.41, 5.74) is 2.39. The molecule has 3 nitrogen and oxygen atoms in total. The van der Waals surface area contributed by atoms with E-state index in [0.717, 1.165) is 12.2 Å². The topological polar surface area (TPSA) is 29.1 Å². The van der Waals surface area contributed by atoms with Gasteiger partial charge in [-0.3, -0.25) is 0 Å². The van der Waals surface area contributed by atoms with Crippen molar-refractivity contribution in [3.05, 3.63) is 48.7 Å². The number of hydrogen-bond donors (Lipinski definition) is 1. The Labute approximate surface area is 83.0 Å². The van der Waals surface area contributed by atoms with Crippen LogP contribution in [-0.4, -0.2) is 7.05 Å². The van der Waals surface area contributed by atoms with Crippen LogP contribution >= 0.6 is 0 Å². The minimum absolute atomic E-state index is 0.848. The maximum absolute atomic E-state index is 4.98. The average molecular weight is 189 g/mol. The first-order chi connectivity index (χ1) is 6.88. The molecule has 1 N–H and O–H groups in total. The maximum Gasteiger partial charge on any atom is 0.334 e. The Morgan fingerprint density at radius 3 is 2.64 bits per heavy atom. The highest BCUT2D eigenvalue weighted by molar-refractivity contribution is 5.43. The van der Waals surface area contributed by atoms with E-state index in [2.05, 4.69) is 29.6 Å². The maximum atomic E-state index is 4.98. The van der Waals surface area contributed by atoms with Crippen LogP contribution in [0.15, 0.2) is 47.5 Å². The number of benzene rings is 1. The van der Waals surface area contributed by atoms with Gasteiger partial charge >= 0.3 is 6.39 Å². The molecule has 0 aliphatic carbocycles. The number of aromatic nitrogens is 1. The summed E-state index contributed by atoms with van der Waals surface area (Å²) in [6.07, 6.45) is 5.28. The second kappa shape index (κ2) is 3.96. The highest BCUT2D eigenvalue weighted by Gasteiger charge is 2.02. The first-order valence-corrected chi connectivity index (χ1v) is 4.56. The van der Waals surface area contributed by atoms with E-state index >= 15 is 0 Å². The van der Waals surface area contributed by atoms with Crippen molar-refractivity contribution in [3.8, 4) is 0 Å². The highest BCUT2D eigenvalue weighted by atomic mass is 16.3. The molecule has 0 unspecified atom stereocenters. The van der Waals surface area contributed by atoms with Crippen molar-refractivity contribution < 1.29 is 8.98 Å². The van der Waals surface area contributed by atoms with E-state index in [4.69, 9.17) is 4.42 Å². The predicted molar refractivity (Wildman–Crippen MR) is 54.0 cm³/mol. The monoisotopic (exact) mass is 189 g/mol. The predicted octanol–water partition coefficient (Wildman–Crippen LogP) is 1.66. The molecule has 1 aromatic heterocycles. The molecular formula is C11H13N2O+. The molecular weight excluding hydrogens is 176 g/mol. The Hall–Kier alpha value is -1.77. The molecule has 0 saturated carbocycles. The summed E-state index contributed by atoms with van der Waals surface area (Å²) in [5.74, 6) is 0. The van der Waals surface area contributed by atoms with Crippen molar-refractivity contribution in [1.29, 1.82) is 0 Å². The van der Waals surface area contributed by atoms with E-state index in [9.17, 15) is 0 Å². The summed E-state index contributed by atoms with van der Waals surface area (Å²) in [5, 5.41) is 3.09. The molecule has 14 heavy (non-hydrogen) atoms. The van der Waals surface area contributed by atoms with Crippen molar-refractivity contribution in [1.82, 2.24) is 0 Å². The Kier molecular flexibility index (Phi) is 2.49. The molecule has 0 radical (unpaired) electrons. The molecule has 2 rings (SSSR count). The van der Waals surface area contributed by atoms with Crippen LogP contribution in [-0.2, 0) is 6.54 Å². The number of nitrogens with one attached hydrogen (secondary N) is 1. The quantitative estimate of drug-likeness (QED) is 0.744. The number of oxazole rings is 1. The normalized spacial score (nSPS) is 10.1. The van der Waals surface area contributed by atoms with Gasteiger partial charge < -0.3 is 9.73 Å². The number of hydrogen-bond acceptors (Lipinski definition) is 2. The van der Waals surface area contributed by atoms with Crippen LogP contribution in [0.3, 0.4) is 0 Å². The van der Waals surface area contributed by atoms with Crippen LogP contribution in [0.25, 0.3) is 0 Å². The fourth-order valence-electron chi connectivity index (χ4n) is 1.34. The third kappa shape index (κ3) is 1.93.